The van der Waals surface area contributed by atoms with Crippen LogP contribution in [0, 0.1) is 10.5 Å². The summed E-state index contributed by atoms with van der Waals surface area (Å²) in [6, 6.07) is 13.7. The first-order valence-electron chi connectivity index (χ1n) is 7.03. The SMILES string of the molecule is CCSc1nc2ccc(I)cc2c(=O)n1-c1ccccc1C. The molecule has 1 aromatic heterocycles. The number of halogens is 1. The lowest BCUT2D eigenvalue weighted by Crippen LogP contribution is -2.22. The van der Waals surface area contributed by atoms with Crippen LogP contribution in [0.3, 0.4) is 0 Å². The number of fused-ring (bicyclic) bond motifs is 1. The van der Waals surface area contributed by atoms with Gasteiger partial charge in [0.15, 0.2) is 5.16 Å². The number of hydrogen-bond donors (Lipinski definition) is 0. The Morgan fingerprint density at radius 1 is 1.23 bits per heavy atom. The third-order valence-corrected chi connectivity index (χ3v) is 4.92. The Labute approximate surface area is 146 Å². The molecule has 0 radical (unpaired) electrons. The van der Waals surface area contributed by atoms with Gasteiger partial charge in [-0.2, -0.15) is 0 Å². The van der Waals surface area contributed by atoms with Crippen LogP contribution in [0.5, 0.6) is 0 Å². The number of hydrogen-bond acceptors (Lipinski definition) is 3. The van der Waals surface area contributed by atoms with Gasteiger partial charge in [0.05, 0.1) is 16.6 Å². The van der Waals surface area contributed by atoms with Gasteiger partial charge >= 0.3 is 0 Å². The van der Waals surface area contributed by atoms with Crippen LogP contribution in [0.15, 0.2) is 52.4 Å². The van der Waals surface area contributed by atoms with E-state index in [1.165, 1.54) is 0 Å². The van der Waals surface area contributed by atoms with Gasteiger partial charge < -0.3 is 0 Å². The number of nitrogens with zero attached hydrogens (tertiary/aromatic N) is 2. The van der Waals surface area contributed by atoms with Gasteiger partial charge in [-0.1, -0.05) is 36.9 Å². The molecule has 0 aliphatic rings. The average Bonchev–Trinajstić information content (AvgIpc) is 2.50. The summed E-state index contributed by atoms with van der Waals surface area (Å²) in [5.74, 6) is 0.869. The highest BCUT2D eigenvalue weighted by Crippen LogP contribution is 2.23. The summed E-state index contributed by atoms with van der Waals surface area (Å²) in [5, 5.41) is 1.41. The van der Waals surface area contributed by atoms with E-state index in [9.17, 15) is 4.79 Å². The maximum absolute atomic E-state index is 13.0. The molecule has 0 saturated carbocycles. The van der Waals surface area contributed by atoms with E-state index >= 15 is 0 Å². The van der Waals surface area contributed by atoms with E-state index in [1.807, 2.05) is 49.4 Å². The van der Waals surface area contributed by atoms with Crippen molar-refractivity contribution in [2.75, 3.05) is 5.75 Å². The van der Waals surface area contributed by atoms with Gasteiger partial charge in [0.25, 0.3) is 5.56 Å². The van der Waals surface area contributed by atoms with Gasteiger partial charge in [-0.05, 0) is 65.1 Å². The van der Waals surface area contributed by atoms with E-state index in [2.05, 4.69) is 29.5 Å². The van der Waals surface area contributed by atoms with Crippen molar-refractivity contribution in [3.63, 3.8) is 0 Å². The highest BCUT2D eigenvalue weighted by atomic mass is 127. The third-order valence-electron chi connectivity index (χ3n) is 3.43. The van der Waals surface area contributed by atoms with Crippen molar-refractivity contribution in [1.82, 2.24) is 9.55 Å². The average molecular weight is 422 g/mol. The second-order valence-electron chi connectivity index (χ2n) is 4.92. The first-order chi connectivity index (χ1) is 10.6. The molecular formula is C17H15IN2OS. The first kappa shape index (κ1) is 15.6. The fraction of sp³-hybridized carbons (Fsp3) is 0.176. The van der Waals surface area contributed by atoms with Gasteiger partial charge in [0, 0.05) is 3.57 Å². The fourth-order valence-electron chi connectivity index (χ4n) is 2.39. The van der Waals surface area contributed by atoms with Crippen LogP contribution in [-0.4, -0.2) is 15.3 Å². The Balaban J connectivity index is 2.41. The van der Waals surface area contributed by atoms with Crippen LogP contribution in [-0.2, 0) is 0 Å². The Morgan fingerprint density at radius 3 is 2.73 bits per heavy atom. The molecule has 0 aliphatic carbocycles. The maximum atomic E-state index is 13.0. The van der Waals surface area contributed by atoms with Crippen molar-refractivity contribution in [2.45, 2.75) is 19.0 Å². The van der Waals surface area contributed by atoms with Crippen LogP contribution in [0.4, 0.5) is 0 Å². The Kier molecular flexibility index (Phi) is 4.54. The van der Waals surface area contributed by atoms with Crippen molar-refractivity contribution < 1.29 is 0 Å². The van der Waals surface area contributed by atoms with Crippen molar-refractivity contribution in [3.05, 3.63) is 62.0 Å². The van der Waals surface area contributed by atoms with E-state index < -0.39 is 0 Å². The summed E-state index contributed by atoms with van der Waals surface area (Å²) in [6.07, 6.45) is 0. The van der Waals surface area contributed by atoms with E-state index in [4.69, 9.17) is 4.98 Å². The quantitative estimate of drug-likeness (QED) is 0.356. The third kappa shape index (κ3) is 2.79. The van der Waals surface area contributed by atoms with Crippen LogP contribution in [0.25, 0.3) is 16.6 Å². The van der Waals surface area contributed by atoms with Gasteiger partial charge in [-0.3, -0.25) is 9.36 Å². The second kappa shape index (κ2) is 6.42. The van der Waals surface area contributed by atoms with Gasteiger partial charge in [0.1, 0.15) is 0 Å². The second-order valence-corrected chi connectivity index (χ2v) is 7.39. The molecule has 0 atom stereocenters. The standard InChI is InChI=1S/C17H15IN2OS/c1-3-22-17-19-14-9-8-12(18)10-13(14)16(21)20(17)15-7-5-4-6-11(15)2/h4-10H,3H2,1-2H3. The molecule has 0 amide bonds. The molecule has 0 bridgehead atoms. The van der Waals surface area contributed by atoms with E-state index in [-0.39, 0.29) is 5.56 Å². The predicted octanol–water partition coefficient (Wildman–Crippen LogP) is 4.41. The summed E-state index contributed by atoms with van der Waals surface area (Å²) < 4.78 is 2.78. The molecule has 1 heterocycles. The Bertz CT molecular complexity index is 905. The summed E-state index contributed by atoms with van der Waals surface area (Å²) in [5.41, 5.74) is 2.71. The van der Waals surface area contributed by atoms with Gasteiger partial charge in [0.2, 0.25) is 0 Å². The Hall–Kier alpha value is -1.34. The molecule has 3 nitrogen and oxygen atoms in total. The summed E-state index contributed by atoms with van der Waals surface area (Å²) in [6.45, 7) is 4.08. The molecule has 0 aliphatic heterocycles. The lowest BCUT2D eigenvalue weighted by molar-refractivity contribution is 0.815. The molecule has 5 heteroatoms. The molecule has 0 N–H and O–H groups in total. The zero-order valence-electron chi connectivity index (χ0n) is 12.3. The van der Waals surface area contributed by atoms with Crippen LogP contribution in [0.1, 0.15) is 12.5 Å². The smallest absolute Gasteiger partial charge is 0.266 e. The zero-order chi connectivity index (χ0) is 15.7. The molecule has 0 spiro atoms. The minimum atomic E-state index is -0.00577. The van der Waals surface area contributed by atoms with Crippen LogP contribution >= 0.6 is 34.4 Å². The van der Waals surface area contributed by atoms with Gasteiger partial charge in [-0.15, -0.1) is 0 Å². The van der Waals surface area contributed by atoms with E-state index in [0.29, 0.717) is 5.39 Å². The van der Waals surface area contributed by atoms with Crippen molar-refractivity contribution in [3.8, 4) is 5.69 Å². The predicted molar refractivity (Wildman–Crippen MR) is 101 cm³/mol. The molecule has 22 heavy (non-hydrogen) atoms. The first-order valence-corrected chi connectivity index (χ1v) is 9.09. The van der Waals surface area contributed by atoms with Crippen molar-refractivity contribution in [2.24, 2.45) is 0 Å². The van der Waals surface area contributed by atoms with E-state index in [1.54, 1.807) is 16.3 Å². The maximum Gasteiger partial charge on any atom is 0.266 e. The fourth-order valence-corrected chi connectivity index (χ4v) is 3.61. The largest absolute Gasteiger partial charge is 0.268 e. The number of thioether (sulfide) groups is 1. The minimum Gasteiger partial charge on any atom is -0.268 e. The Morgan fingerprint density at radius 2 is 2.00 bits per heavy atom. The topological polar surface area (TPSA) is 34.9 Å². The molecule has 0 saturated heterocycles. The monoisotopic (exact) mass is 422 g/mol. The lowest BCUT2D eigenvalue weighted by atomic mass is 10.2. The molecule has 3 rings (SSSR count). The number of benzene rings is 2. The molecule has 0 fully saturated rings. The lowest BCUT2D eigenvalue weighted by Gasteiger charge is -2.14. The zero-order valence-corrected chi connectivity index (χ0v) is 15.3. The van der Waals surface area contributed by atoms with E-state index in [0.717, 1.165) is 31.2 Å². The molecule has 0 unspecified atom stereocenters. The van der Waals surface area contributed by atoms with Gasteiger partial charge in [-0.25, -0.2) is 4.98 Å². The van der Waals surface area contributed by atoms with Crippen molar-refractivity contribution >= 4 is 45.3 Å². The highest BCUT2D eigenvalue weighted by Gasteiger charge is 2.14. The molecule has 2 aromatic carbocycles. The minimum absolute atomic E-state index is 0.00577. The summed E-state index contributed by atoms with van der Waals surface area (Å²) in [7, 11) is 0. The molecule has 112 valence electrons. The number of para-hydroxylation sites is 1. The number of aromatic nitrogens is 2. The van der Waals surface area contributed by atoms with Crippen molar-refractivity contribution in [1.29, 1.82) is 0 Å². The van der Waals surface area contributed by atoms with Crippen LogP contribution < -0.4 is 5.56 Å². The normalized spacial score (nSPS) is 11.0. The summed E-state index contributed by atoms with van der Waals surface area (Å²) >= 11 is 3.81. The summed E-state index contributed by atoms with van der Waals surface area (Å²) in [4.78, 5) is 17.7. The number of rotatable bonds is 3. The number of aryl methyl sites for hydroxylation is 1. The molecular weight excluding hydrogens is 407 g/mol. The van der Waals surface area contributed by atoms with Crippen LogP contribution in [0.2, 0.25) is 0 Å². The molecule has 3 aromatic rings. The highest BCUT2D eigenvalue weighted by molar-refractivity contribution is 14.1.